The van der Waals surface area contributed by atoms with Crippen LogP contribution >= 0.6 is 0 Å². The van der Waals surface area contributed by atoms with Gasteiger partial charge in [0.1, 0.15) is 0 Å². The molecule has 106 valence electrons. The van der Waals surface area contributed by atoms with Gasteiger partial charge in [-0.15, -0.1) is 0 Å². The van der Waals surface area contributed by atoms with Crippen molar-refractivity contribution in [2.75, 3.05) is 24.5 Å². The molecule has 1 saturated heterocycles. The lowest BCUT2D eigenvalue weighted by Gasteiger charge is -2.43. The Bertz CT molecular complexity index is 409. The third-order valence-corrected chi connectivity index (χ3v) is 4.23. The van der Waals surface area contributed by atoms with Crippen molar-refractivity contribution in [2.45, 2.75) is 52.0 Å². The molecule has 0 radical (unpaired) electrons. The predicted molar refractivity (Wildman–Crippen MR) is 84.1 cm³/mol. The number of nitrogens with zero attached hydrogens (tertiary/aromatic N) is 1. The standard InChI is InChI=1S/C17H28N2/c1-14(2)15-8-5-6-9-16(15)19-13-7-11-18-12-10-17(19,3)4/h5-6,8-9,14,18H,7,10-13H2,1-4H3. The van der Waals surface area contributed by atoms with Gasteiger partial charge in [0, 0.05) is 17.8 Å². The lowest BCUT2D eigenvalue weighted by molar-refractivity contribution is 0.386. The molecule has 1 aromatic carbocycles. The Morgan fingerprint density at radius 1 is 1.16 bits per heavy atom. The molecule has 0 saturated carbocycles. The summed E-state index contributed by atoms with van der Waals surface area (Å²) in [6.07, 6.45) is 2.41. The van der Waals surface area contributed by atoms with Gasteiger partial charge in [-0.2, -0.15) is 0 Å². The first-order chi connectivity index (χ1) is 9.02. The van der Waals surface area contributed by atoms with Crippen LogP contribution in [0, 0.1) is 0 Å². The van der Waals surface area contributed by atoms with Crippen molar-refractivity contribution < 1.29 is 0 Å². The van der Waals surface area contributed by atoms with E-state index in [2.05, 4.69) is 62.2 Å². The molecule has 0 bridgehead atoms. The number of rotatable bonds is 2. The van der Waals surface area contributed by atoms with Crippen LogP contribution in [0.25, 0.3) is 0 Å². The van der Waals surface area contributed by atoms with Crippen LogP contribution in [0.4, 0.5) is 5.69 Å². The molecule has 2 nitrogen and oxygen atoms in total. The Morgan fingerprint density at radius 3 is 2.63 bits per heavy atom. The second-order valence-electron chi connectivity index (χ2n) is 6.53. The average molecular weight is 260 g/mol. The van der Waals surface area contributed by atoms with Crippen molar-refractivity contribution in [3.8, 4) is 0 Å². The molecule has 2 heteroatoms. The van der Waals surface area contributed by atoms with Gasteiger partial charge in [0.2, 0.25) is 0 Å². The van der Waals surface area contributed by atoms with Crippen molar-refractivity contribution in [1.29, 1.82) is 0 Å². The van der Waals surface area contributed by atoms with Crippen LogP contribution in [-0.2, 0) is 0 Å². The van der Waals surface area contributed by atoms with Gasteiger partial charge >= 0.3 is 0 Å². The van der Waals surface area contributed by atoms with Gasteiger partial charge in [0.05, 0.1) is 0 Å². The first-order valence-corrected chi connectivity index (χ1v) is 7.59. The SMILES string of the molecule is CC(C)c1ccccc1N1CCCNCCC1(C)C. The maximum Gasteiger partial charge on any atom is 0.0405 e. The summed E-state index contributed by atoms with van der Waals surface area (Å²) in [5.74, 6) is 0.579. The number of para-hydroxylation sites is 1. The summed E-state index contributed by atoms with van der Waals surface area (Å²) >= 11 is 0. The summed E-state index contributed by atoms with van der Waals surface area (Å²) in [6, 6.07) is 8.92. The Balaban J connectivity index is 2.36. The topological polar surface area (TPSA) is 15.3 Å². The number of benzene rings is 1. The number of anilines is 1. The Kier molecular flexibility index (Phi) is 4.51. The molecule has 0 spiro atoms. The Hall–Kier alpha value is -1.02. The van der Waals surface area contributed by atoms with E-state index in [0.717, 1.165) is 19.6 Å². The van der Waals surface area contributed by atoms with Crippen molar-refractivity contribution in [2.24, 2.45) is 0 Å². The average Bonchev–Trinajstić information content (AvgIpc) is 2.35. The van der Waals surface area contributed by atoms with Crippen LogP contribution in [0.3, 0.4) is 0 Å². The molecule has 1 N–H and O–H groups in total. The fourth-order valence-corrected chi connectivity index (χ4v) is 2.99. The van der Waals surface area contributed by atoms with Gasteiger partial charge in [-0.25, -0.2) is 0 Å². The minimum Gasteiger partial charge on any atom is -0.366 e. The lowest BCUT2D eigenvalue weighted by Crippen LogP contribution is -2.49. The number of hydrogen-bond acceptors (Lipinski definition) is 2. The van der Waals surface area contributed by atoms with E-state index in [1.54, 1.807) is 0 Å². The van der Waals surface area contributed by atoms with Crippen LogP contribution in [0.1, 0.15) is 52.0 Å². The van der Waals surface area contributed by atoms with Crippen LogP contribution in [-0.4, -0.2) is 25.2 Å². The van der Waals surface area contributed by atoms with Gasteiger partial charge in [-0.1, -0.05) is 32.0 Å². The van der Waals surface area contributed by atoms with E-state index in [1.807, 2.05) is 0 Å². The van der Waals surface area contributed by atoms with Gasteiger partial charge < -0.3 is 10.2 Å². The van der Waals surface area contributed by atoms with Crippen LogP contribution in [0.15, 0.2) is 24.3 Å². The highest BCUT2D eigenvalue weighted by Crippen LogP contribution is 2.33. The van der Waals surface area contributed by atoms with E-state index in [1.165, 1.54) is 24.1 Å². The third kappa shape index (κ3) is 3.30. The second-order valence-corrected chi connectivity index (χ2v) is 6.53. The predicted octanol–water partition coefficient (Wildman–Crippen LogP) is 3.78. The minimum absolute atomic E-state index is 0.221. The van der Waals surface area contributed by atoms with E-state index in [9.17, 15) is 0 Å². The molecule has 0 aliphatic carbocycles. The fraction of sp³-hybridized carbons (Fsp3) is 0.647. The first kappa shape index (κ1) is 14.4. The van der Waals surface area contributed by atoms with Crippen molar-refractivity contribution >= 4 is 5.69 Å². The summed E-state index contributed by atoms with van der Waals surface area (Å²) in [7, 11) is 0. The molecule has 1 fully saturated rings. The molecular weight excluding hydrogens is 232 g/mol. The molecular formula is C17H28N2. The van der Waals surface area contributed by atoms with Gasteiger partial charge in [0.15, 0.2) is 0 Å². The highest BCUT2D eigenvalue weighted by molar-refractivity contribution is 5.56. The Morgan fingerprint density at radius 2 is 1.89 bits per heavy atom. The lowest BCUT2D eigenvalue weighted by atomic mass is 9.92. The van der Waals surface area contributed by atoms with Crippen LogP contribution in [0.2, 0.25) is 0 Å². The van der Waals surface area contributed by atoms with E-state index < -0.39 is 0 Å². The van der Waals surface area contributed by atoms with Crippen molar-refractivity contribution in [1.82, 2.24) is 5.32 Å². The monoisotopic (exact) mass is 260 g/mol. The maximum atomic E-state index is 3.53. The molecule has 2 rings (SSSR count). The van der Waals surface area contributed by atoms with E-state index in [0.29, 0.717) is 5.92 Å². The van der Waals surface area contributed by atoms with Gasteiger partial charge in [0.25, 0.3) is 0 Å². The quantitative estimate of drug-likeness (QED) is 0.870. The van der Waals surface area contributed by atoms with E-state index >= 15 is 0 Å². The molecule has 1 aliphatic rings. The van der Waals surface area contributed by atoms with Gasteiger partial charge in [-0.3, -0.25) is 0 Å². The van der Waals surface area contributed by atoms with Crippen molar-refractivity contribution in [3.05, 3.63) is 29.8 Å². The minimum atomic E-state index is 0.221. The Labute approximate surface area is 118 Å². The summed E-state index contributed by atoms with van der Waals surface area (Å²) in [6.45, 7) is 12.7. The zero-order valence-corrected chi connectivity index (χ0v) is 12.9. The second kappa shape index (κ2) is 5.96. The van der Waals surface area contributed by atoms with Gasteiger partial charge in [-0.05, 0) is 57.3 Å². The zero-order chi connectivity index (χ0) is 13.9. The fourth-order valence-electron chi connectivity index (χ4n) is 2.99. The number of hydrogen-bond donors (Lipinski definition) is 1. The summed E-state index contributed by atoms with van der Waals surface area (Å²) in [4.78, 5) is 2.63. The molecule has 1 aliphatic heterocycles. The highest BCUT2D eigenvalue weighted by Gasteiger charge is 2.29. The largest absolute Gasteiger partial charge is 0.366 e. The first-order valence-electron chi connectivity index (χ1n) is 7.59. The normalized spacial score (nSPS) is 20.2. The summed E-state index contributed by atoms with van der Waals surface area (Å²) < 4.78 is 0. The molecule has 0 amide bonds. The molecule has 0 atom stereocenters. The number of nitrogens with one attached hydrogen (secondary N) is 1. The van der Waals surface area contributed by atoms with Crippen LogP contribution in [0.5, 0.6) is 0 Å². The zero-order valence-electron chi connectivity index (χ0n) is 12.9. The smallest absolute Gasteiger partial charge is 0.0405 e. The third-order valence-electron chi connectivity index (χ3n) is 4.23. The van der Waals surface area contributed by atoms with Crippen LogP contribution < -0.4 is 10.2 Å². The molecule has 0 unspecified atom stereocenters. The van der Waals surface area contributed by atoms with E-state index in [-0.39, 0.29) is 5.54 Å². The molecule has 19 heavy (non-hydrogen) atoms. The molecule has 1 heterocycles. The molecule has 1 aromatic rings. The summed E-state index contributed by atoms with van der Waals surface area (Å²) in [5, 5.41) is 3.53. The maximum absolute atomic E-state index is 3.53. The highest BCUT2D eigenvalue weighted by atomic mass is 15.2. The van der Waals surface area contributed by atoms with E-state index in [4.69, 9.17) is 0 Å². The van der Waals surface area contributed by atoms with Crippen molar-refractivity contribution in [3.63, 3.8) is 0 Å². The summed E-state index contributed by atoms with van der Waals surface area (Å²) in [5.41, 5.74) is 3.13. The molecule has 0 aromatic heterocycles.